The molecule has 36 heavy (non-hydrogen) atoms. The largest absolute Gasteiger partial charge is 0.496 e. The number of hydrogen-bond acceptors (Lipinski definition) is 5. The van der Waals surface area contributed by atoms with Crippen LogP contribution in [0.25, 0.3) is 0 Å². The fraction of sp³-hybridized carbons (Fsp3) is 0.690. The Labute approximate surface area is 215 Å². The highest BCUT2D eigenvalue weighted by Gasteiger charge is 2.51. The molecule has 2 bridgehead atoms. The number of amides is 2. The van der Waals surface area contributed by atoms with Crippen molar-refractivity contribution in [1.82, 2.24) is 10.6 Å². The van der Waals surface area contributed by atoms with Gasteiger partial charge in [0.2, 0.25) is 5.91 Å². The van der Waals surface area contributed by atoms with E-state index in [0.717, 1.165) is 44.9 Å². The number of nitrogens with one attached hydrogen (secondary N) is 2. The summed E-state index contributed by atoms with van der Waals surface area (Å²) in [6, 6.07) is 5.14. The predicted octanol–water partition coefficient (Wildman–Crippen LogP) is 4.83. The van der Waals surface area contributed by atoms with Gasteiger partial charge in [0.05, 0.1) is 30.8 Å². The van der Waals surface area contributed by atoms with E-state index in [1.807, 2.05) is 0 Å². The number of methoxy groups -OCH3 is 1. The molecule has 2 amide bonds. The van der Waals surface area contributed by atoms with Crippen molar-refractivity contribution >= 4 is 11.8 Å². The predicted molar refractivity (Wildman–Crippen MR) is 138 cm³/mol. The fourth-order valence-electron chi connectivity index (χ4n) is 6.27. The molecule has 3 saturated carbocycles. The molecule has 2 N–H and O–H groups in total. The SMILES string of the molecule is COc1cc(C#N)c(OCCCC(C)C)cc1C(=O)N[C@@H]1[C@H]2CC[C@H](C2)[C@@H]1C(=O)NCC1(C)CCC1. The molecule has 0 aromatic heterocycles. The summed E-state index contributed by atoms with van der Waals surface area (Å²) in [5, 5.41) is 16.0. The first-order valence-electron chi connectivity index (χ1n) is 13.6. The van der Waals surface area contributed by atoms with Gasteiger partial charge in [-0.15, -0.1) is 0 Å². The molecular formula is C29H41N3O4. The molecule has 0 aliphatic heterocycles. The van der Waals surface area contributed by atoms with Crippen molar-refractivity contribution < 1.29 is 19.1 Å². The smallest absolute Gasteiger partial charge is 0.255 e. The van der Waals surface area contributed by atoms with E-state index in [-0.39, 0.29) is 29.2 Å². The highest BCUT2D eigenvalue weighted by Crippen LogP contribution is 2.49. The van der Waals surface area contributed by atoms with Gasteiger partial charge in [-0.3, -0.25) is 9.59 Å². The fourth-order valence-corrected chi connectivity index (χ4v) is 6.27. The Hall–Kier alpha value is -2.75. The van der Waals surface area contributed by atoms with Crippen LogP contribution in [0.2, 0.25) is 0 Å². The van der Waals surface area contributed by atoms with Crippen molar-refractivity contribution in [2.24, 2.45) is 29.1 Å². The number of nitriles is 1. The Morgan fingerprint density at radius 3 is 2.58 bits per heavy atom. The number of hydrogen-bond donors (Lipinski definition) is 2. The number of carbonyl (C=O) groups is 2. The van der Waals surface area contributed by atoms with Gasteiger partial charge in [0, 0.05) is 18.7 Å². The number of benzene rings is 1. The van der Waals surface area contributed by atoms with Crippen LogP contribution in [0.5, 0.6) is 11.5 Å². The second-order valence-electron chi connectivity index (χ2n) is 11.8. The summed E-state index contributed by atoms with van der Waals surface area (Å²) < 4.78 is 11.4. The lowest BCUT2D eigenvalue weighted by molar-refractivity contribution is -0.128. The Kier molecular flexibility index (Phi) is 8.12. The summed E-state index contributed by atoms with van der Waals surface area (Å²) in [4.78, 5) is 26.8. The van der Waals surface area contributed by atoms with E-state index in [0.29, 0.717) is 53.5 Å². The first-order chi connectivity index (χ1) is 17.2. The molecule has 4 rings (SSSR count). The third-order valence-electron chi connectivity index (χ3n) is 8.62. The van der Waals surface area contributed by atoms with Gasteiger partial charge in [0.25, 0.3) is 5.91 Å². The van der Waals surface area contributed by atoms with Gasteiger partial charge in [-0.1, -0.05) is 27.2 Å². The lowest BCUT2D eigenvalue weighted by atomic mass is 9.70. The third-order valence-corrected chi connectivity index (χ3v) is 8.62. The molecule has 7 nitrogen and oxygen atoms in total. The van der Waals surface area contributed by atoms with E-state index in [1.54, 1.807) is 12.1 Å². The average Bonchev–Trinajstić information content (AvgIpc) is 3.45. The molecule has 0 saturated heterocycles. The molecule has 1 aromatic carbocycles. The molecule has 3 fully saturated rings. The van der Waals surface area contributed by atoms with Crippen LogP contribution in [0.3, 0.4) is 0 Å². The molecule has 0 spiro atoms. The van der Waals surface area contributed by atoms with Crippen LogP contribution in [-0.2, 0) is 4.79 Å². The van der Waals surface area contributed by atoms with E-state index < -0.39 is 0 Å². The first kappa shape index (κ1) is 26.3. The molecular weight excluding hydrogens is 454 g/mol. The molecule has 7 heteroatoms. The van der Waals surface area contributed by atoms with Gasteiger partial charge >= 0.3 is 0 Å². The number of carbonyl (C=O) groups excluding carboxylic acids is 2. The van der Waals surface area contributed by atoms with Gasteiger partial charge in [-0.25, -0.2) is 0 Å². The summed E-state index contributed by atoms with van der Waals surface area (Å²) in [5.74, 6) is 1.51. The highest BCUT2D eigenvalue weighted by atomic mass is 16.5. The maximum Gasteiger partial charge on any atom is 0.255 e. The van der Waals surface area contributed by atoms with Gasteiger partial charge < -0.3 is 20.1 Å². The van der Waals surface area contributed by atoms with Crippen LogP contribution in [0.1, 0.15) is 88.1 Å². The summed E-state index contributed by atoms with van der Waals surface area (Å²) in [7, 11) is 1.49. The second kappa shape index (κ2) is 11.1. The monoisotopic (exact) mass is 495 g/mol. The van der Waals surface area contributed by atoms with E-state index in [9.17, 15) is 14.9 Å². The van der Waals surface area contributed by atoms with Gasteiger partial charge in [-0.05, 0) is 74.2 Å². The maximum atomic E-state index is 13.5. The van der Waals surface area contributed by atoms with Crippen LogP contribution >= 0.6 is 0 Å². The van der Waals surface area contributed by atoms with Crippen molar-refractivity contribution in [2.75, 3.05) is 20.3 Å². The Morgan fingerprint density at radius 1 is 1.19 bits per heavy atom. The normalized spacial score (nSPS) is 25.7. The number of nitrogens with zero attached hydrogens (tertiary/aromatic N) is 1. The minimum atomic E-state index is -0.287. The quantitative estimate of drug-likeness (QED) is 0.428. The van der Waals surface area contributed by atoms with Crippen LogP contribution in [0.15, 0.2) is 12.1 Å². The molecule has 1 aromatic rings. The van der Waals surface area contributed by atoms with Gasteiger partial charge in [-0.2, -0.15) is 5.26 Å². The summed E-state index contributed by atoms with van der Waals surface area (Å²) in [6.07, 6.45) is 8.50. The van der Waals surface area contributed by atoms with Crippen molar-refractivity contribution in [3.05, 3.63) is 23.3 Å². The molecule has 0 radical (unpaired) electrons. The van der Waals surface area contributed by atoms with Crippen molar-refractivity contribution in [1.29, 1.82) is 5.26 Å². The number of ether oxygens (including phenoxy) is 2. The standard InChI is InChI=1S/C29H41N3O4/c1-18(2)7-5-12-36-23-15-22(24(35-4)14-21(23)16-30)27(33)32-26-20-9-8-19(13-20)25(26)28(34)31-17-29(3)10-6-11-29/h14-15,18-20,25-26H,5-13,17H2,1-4H3,(H,31,34)(H,32,33)/t19-,20+,25+,26-/m1/s1. The second-order valence-corrected chi connectivity index (χ2v) is 11.8. The summed E-state index contributed by atoms with van der Waals surface area (Å²) in [5.41, 5.74) is 0.891. The van der Waals surface area contributed by atoms with E-state index in [4.69, 9.17) is 9.47 Å². The summed E-state index contributed by atoms with van der Waals surface area (Å²) >= 11 is 0. The molecule has 3 aliphatic rings. The molecule has 196 valence electrons. The third kappa shape index (κ3) is 5.63. The topological polar surface area (TPSA) is 100 Å². The summed E-state index contributed by atoms with van der Waals surface area (Å²) in [6.45, 7) is 7.74. The zero-order valence-corrected chi connectivity index (χ0v) is 22.2. The van der Waals surface area contributed by atoms with E-state index in [1.165, 1.54) is 13.5 Å². The zero-order chi connectivity index (χ0) is 25.9. The molecule has 0 heterocycles. The highest BCUT2D eigenvalue weighted by molar-refractivity contribution is 5.98. The van der Waals surface area contributed by atoms with Crippen LogP contribution in [0, 0.1) is 40.4 Å². The van der Waals surface area contributed by atoms with Gasteiger partial charge in [0.15, 0.2) is 0 Å². The average molecular weight is 496 g/mol. The number of rotatable bonds is 11. The van der Waals surface area contributed by atoms with Gasteiger partial charge in [0.1, 0.15) is 17.6 Å². The molecule has 0 unspecified atom stereocenters. The van der Waals surface area contributed by atoms with Crippen LogP contribution in [-0.4, -0.2) is 38.1 Å². The van der Waals surface area contributed by atoms with Crippen LogP contribution in [0.4, 0.5) is 0 Å². The minimum Gasteiger partial charge on any atom is -0.496 e. The Balaban J connectivity index is 1.48. The lowest BCUT2D eigenvalue weighted by Crippen LogP contribution is -2.51. The van der Waals surface area contributed by atoms with Crippen molar-refractivity contribution in [3.63, 3.8) is 0 Å². The Morgan fingerprint density at radius 2 is 1.94 bits per heavy atom. The zero-order valence-electron chi connectivity index (χ0n) is 22.2. The lowest BCUT2D eigenvalue weighted by Gasteiger charge is -2.39. The first-order valence-corrected chi connectivity index (χ1v) is 13.6. The van der Waals surface area contributed by atoms with E-state index in [2.05, 4.69) is 37.5 Å². The minimum absolute atomic E-state index is 0.0709. The van der Waals surface area contributed by atoms with Crippen LogP contribution < -0.4 is 20.1 Å². The maximum absolute atomic E-state index is 13.5. The molecule has 4 atom stereocenters. The van der Waals surface area contributed by atoms with Crippen molar-refractivity contribution in [3.8, 4) is 17.6 Å². The Bertz CT molecular complexity index is 1010. The number of fused-ring (bicyclic) bond motifs is 2. The molecule has 3 aliphatic carbocycles. The van der Waals surface area contributed by atoms with E-state index >= 15 is 0 Å². The van der Waals surface area contributed by atoms with Crippen molar-refractivity contribution in [2.45, 2.75) is 78.2 Å².